The van der Waals surface area contributed by atoms with Crippen molar-refractivity contribution in [1.29, 1.82) is 0 Å². The van der Waals surface area contributed by atoms with Crippen molar-refractivity contribution in [3.63, 3.8) is 0 Å². The Balaban J connectivity index is 2.22. The normalized spacial score (nSPS) is 20.6. The average molecular weight is 276 g/mol. The molecule has 1 heterocycles. The highest BCUT2D eigenvalue weighted by molar-refractivity contribution is 5.45. The van der Waals surface area contributed by atoms with E-state index in [1.807, 2.05) is 0 Å². The summed E-state index contributed by atoms with van der Waals surface area (Å²) in [5.41, 5.74) is 3.84. The average Bonchev–Trinajstić information content (AvgIpc) is 2.30. The van der Waals surface area contributed by atoms with E-state index in [2.05, 4.69) is 64.1 Å². The lowest BCUT2D eigenvalue weighted by atomic mass is 9.88. The van der Waals surface area contributed by atoms with Gasteiger partial charge in [-0.3, -0.25) is 0 Å². The molecular formula is C17H28N2O. The van der Waals surface area contributed by atoms with Gasteiger partial charge < -0.3 is 15.0 Å². The van der Waals surface area contributed by atoms with Gasteiger partial charge in [-0.25, -0.2) is 0 Å². The Hall–Kier alpha value is -1.06. The molecule has 0 radical (unpaired) electrons. The van der Waals surface area contributed by atoms with Crippen LogP contribution in [0, 0.1) is 13.8 Å². The van der Waals surface area contributed by atoms with Crippen molar-refractivity contribution in [1.82, 2.24) is 10.2 Å². The molecule has 0 aliphatic carbocycles. The van der Waals surface area contributed by atoms with Crippen molar-refractivity contribution in [2.75, 3.05) is 27.2 Å². The first kappa shape index (κ1) is 15.3. The Bertz CT molecular complexity index is 480. The quantitative estimate of drug-likeness (QED) is 0.914. The van der Waals surface area contributed by atoms with E-state index in [1.54, 1.807) is 0 Å². The van der Waals surface area contributed by atoms with E-state index in [-0.39, 0.29) is 5.60 Å². The standard InChI is InChI=1S/C17H28N2O/c1-12-9-14-15(18-7-8-19(5)6)11-17(3,4)20-16(14)10-13(12)2/h9-10,15,18H,7-8,11H2,1-6H3. The van der Waals surface area contributed by atoms with E-state index < -0.39 is 0 Å². The van der Waals surface area contributed by atoms with Crippen LogP contribution in [0.15, 0.2) is 12.1 Å². The molecule has 0 bridgehead atoms. The Morgan fingerprint density at radius 3 is 2.55 bits per heavy atom. The largest absolute Gasteiger partial charge is 0.487 e. The fourth-order valence-corrected chi connectivity index (χ4v) is 2.76. The van der Waals surface area contributed by atoms with Crippen molar-refractivity contribution in [2.24, 2.45) is 0 Å². The van der Waals surface area contributed by atoms with Crippen molar-refractivity contribution in [2.45, 2.75) is 45.8 Å². The predicted molar refractivity (Wildman–Crippen MR) is 84.5 cm³/mol. The third-order valence-corrected chi connectivity index (χ3v) is 4.03. The molecule has 1 aliphatic heterocycles. The minimum Gasteiger partial charge on any atom is -0.487 e. The van der Waals surface area contributed by atoms with Crippen LogP contribution in [0.4, 0.5) is 0 Å². The van der Waals surface area contributed by atoms with Gasteiger partial charge in [-0.15, -0.1) is 0 Å². The third kappa shape index (κ3) is 3.53. The Kier molecular flexibility index (Phi) is 4.40. The summed E-state index contributed by atoms with van der Waals surface area (Å²) in [5, 5.41) is 3.69. The molecule has 0 saturated heterocycles. The topological polar surface area (TPSA) is 24.5 Å². The van der Waals surface area contributed by atoms with E-state index in [0.717, 1.165) is 25.3 Å². The lowest BCUT2D eigenvalue weighted by molar-refractivity contribution is 0.0657. The van der Waals surface area contributed by atoms with Crippen LogP contribution in [-0.4, -0.2) is 37.7 Å². The Morgan fingerprint density at radius 1 is 1.25 bits per heavy atom. The highest BCUT2D eigenvalue weighted by Gasteiger charge is 2.33. The molecule has 1 N–H and O–H groups in total. The van der Waals surface area contributed by atoms with Crippen LogP contribution in [0.3, 0.4) is 0 Å². The highest BCUT2D eigenvalue weighted by atomic mass is 16.5. The second kappa shape index (κ2) is 5.74. The van der Waals surface area contributed by atoms with Crippen LogP contribution in [0.2, 0.25) is 0 Å². The smallest absolute Gasteiger partial charge is 0.125 e. The molecule has 0 spiro atoms. The molecule has 1 aromatic carbocycles. The number of aryl methyl sites for hydroxylation is 2. The van der Waals surface area contributed by atoms with Crippen LogP contribution in [0.5, 0.6) is 5.75 Å². The second-order valence-corrected chi connectivity index (χ2v) is 6.85. The molecule has 1 aliphatic rings. The van der Waals surface area contributed by atoms with Crippen LogP contribution in [0.1, 0.15) is 43.0 Å². The van der Waals surface area contributed by atoms with E-state index in [0.29, 0.717) is 6.04 Å². The first-order valence-electron chi connectivity index (χ1n) is 7.47. The summed E-state index contributed by atoms with van der Waals surface area (Å²) in [4.78, 5) is 2.21. The number of rotatable bonds is 4. The summed E-state index contributed by atoms with van der Waals surface area (Å²) in [6, 6.07) is 4.85. The number of hydrogen-bond acceptors (Lipinski definition) is 3. The number of nitrogens with one attached hydrogen (secondary N) is 1. The van der Waals surface area contributed by atoms with E-state index in [4.69, 9.17) is 4.74 Å². The molecule has 2 rings (SSSR count). The van der Waals surface area contributed by atoms with Crippen LogP contribution in [0.25, 0.3) is 0 Å². The summed E-state index contributed by atoms with van der Waals surface area (Å²) < 4.78 is 6.16. The van der Waals surface area contributed by atoms with Crippen molar-refractivity contribution in [3.8, 4) is 5.75 Å². The summed E-state index contributed by atoms with van der Waals surface area (Å²) in [7, 11) is 4.22. The number of nitrogens with zero attached hydrogens (tertiary/aromatic N) is 1. The first-order valence-corrected chi connectivity index (χ1v) is 7.47. The lowest BCUT2D eigenvalue weighted by Gasteiger charge is -2.38. The van der Waals surface area contributed by atoms with Crippen molar-refractivity contribution < 1.29 is 4.74 Å². The van der Waals surface area contributed by atoms with Gasteiger partial charge in [0.15, 0.2) is 0 Å². The number of benzene rings is 1. The van der Waals surface area contributed by atoms with Gasteiger partial charge in [0.25, 0.3) is 0 Å². The monoisotopic (exact) mass is 276 g/mol. The molecule has 0 amide bonds. The minimum absolute atomic E-state index is 0.107. The fourth-order valence-electron chi connectivity index (χ4n) is 2.76. The number of hydrogen-bond donors (Lipinski definition) is 1. The first-order chi connectivity index (χ1) is 9.28. The van der Waals surface area contributed by atoms with Gasteiger partial charge in [-0.2, -0.15) is 0 Å². The molecule has 0 aromatic heterocycles. The predicted octanol–water partition coefficient (Wildman–Crippen LogP) is 3.06. The second-order valence-electron chi connectivity index (χ2n) is 6.85. The fraction of sp³-hybridized carbons (Fsp3) is 0.647. The van der Waals surface area contributed by atoms with Crippen molar-refractivity contribution >= 4 is 0 Å². The van der Waals surface area contributed by atoms with Gasteiger partial charge >= 0.3 is 0 Å². The van der Waals surface area contributed by atoms with Gasteiger partial charge in [-0.1, -0.05) is 6.07 Å². The van der Waals surface area contributed by atoms with Crippen LogP contribution < -0.4 is 10.1 Å². The molecular weight excluding hydrogens is 248 g/mol. The maximum atomic E-state index is 6.16. The zero-order chi connectivity index (χ0) is 14.9. The Morgan fingerprint density at radius 2 is 1.90 bits per heavy atom. The van der Waals surface area contributed by atoms with Gasteiger partial charge in [0, 0.05) is 31.1 Å². The van der Waals surface area contributed by atoms with Crippen LogP contribution >= 0.6 is 0 Å². The molecule has 1 atom stereocenters. The van der Waals surface area contributed by atoms with Gasteiger partial charge in [0.1, 0.15) is 11.4 Å². The summed E-state index contributed by atoms with van der Waals surface area (Å²) in [6.45, 7) is 10.7. The van der Waals surface area contributed by atoms with E-state index in [9.17, 15) is 0 Å². The minimum atomic E-state index is -0.107. The van der Waals surface area contributed by atoms with Crippen LogP contribution in [-0.2, 0) is 0 Å². The van der Waals surface area contributed by atoms with Crippen molar-refractivity contribution in [3.05, 3.63) is 28.8 Å². The number of likely N-dealkylation sites (N-methyl/N-ethyl adjacent to an activating group) is 1. The summed E-state index contributed by atoms with van der Waals surface area (Å²) in [5.74, 6) is 1.05. The maximum Gasteiger partial charge on any atom is 0.125 e. The molecule has 112 valence electrons. The summed E-state index contributed by atoms with van der Waals surface area (Å²) >= 11 is 0. The van der Waals surface area contributed by atoms with E-state index >= 15 is 0 Å². The lowest BCUT2D eigenvalue weighted by Crippen LogP contribution is -2.41. The molecule has 3 heteroatoms. The number of fused-ring (bicyclic) bond motifs is 1. The zero-order valence-electron chi connectivity index (χ0n) is 13.7. The molecule has 20 heavy (non-hydrogen) atoms. The van der Waals surface area contributed by atoms with E-state index in [1.165, 1.54) is 16.7 Å². The Labute approximate surface area is 123 Å². The molecule has 0 fully saturated rings. The maximum absolute atomic E-state index is 6.16. The number of ether oxygens (including phenoxy) is 1. The van der Waals surface area contributed by atoms with Gasteiger partial charge in [0.05, 0.1) is 0 Å². The highest BCUT2D eigenvalue weighted by Crippen LogP contribution is 2.40. The van der Waals surface area contributed by atoms with Gasteiger partial charge in [0.2, 0.25) is 0 Å². The molecule has 0 saturated carbocycles. The van der Waals surface area contributed by atoms with Gasteiger partial charge in [-0.05, 0) is 59.0 Å². The third-order valence-electron chi connectivity index (χ3n) is 4.03. The SMILES string of the molecule is Cc1cc2c(cc1C)C(NCCN(C)C)CC(C)(C)O2. The molecule has 1 unspecified atom stereocenters. The molecule has 1 aromatic rings. The zero-order valence-corrected chi connectivity index (χ0v) is 13.7. The summed E-state index contributed by atoms with van der Waals surface area (Å²) in [6.07, 6.45) is 1.01. The molecule has 3 nitrogen and oxygen atoms in total.